The second kappa shape index (κ2) is 7.97. The van der Waals surface area contributed by atoms with Crippen molar-refractivity contribution in [3.05, 3.63) is 88.5 Å². The van der Waals surface area contributed by atoms with E-state index in [2.05, 4.69) is 0 Å². The summed E-state index contributed by atoms with van der Waals surface area (Å²) in [6.45, 7) is 4.91. The monoisotopic (exact) mass is 482 g/mol. The maximum atomic E-state index is 13.3. The zero-order chi connectivity index (χ0) is 23.4. The Kier molecular flexibility index (Phi) is 5.34. The van der Waals surface area contributed by atoms with Crippen molar-refractivity contribution in [2.24, 2.45) is 0 Å². The van der Waals surface area contributed by atoms with Gasteiger partial charge in [-0.25, -0.2) is 16.8 Å². The van der Waals surface area contributed by atoms with Crippen LogP contribution < -0.4 is 4.31 Å². The van der Waals surface area contributed by atoms with Crippen molar-refractivity contribution in [2.75, 3.05) is 17.4 Å². The summed E-state index contributed by atoms with van der Waals surface area (Å²) in [4.78, 5) is 0.585. The molecule has 2 heterocycles. The Morgan fingerprint density at radius 1 is 0.636 bits per heavy atom. The Morgan fingerprint density at radius 2 is 1.18 bits per heavy atom. The minimum atomic E-state index is -3.64. The van der Waals surface area contributed by atoms with Crippen molar-refractivity contribution >= 4 is 25.7 Å². The number of rotatable bonds is 4. The molecule has 0 unspecified atom stereocenters. The van der Waals surface area contributed by atoms with Crippen LogP contribution in [0.25, 0.3) is 0 Å². The summed E-state index contributed by atoms with van der Waals surface area (Å²) in [5, 5.41) is 0. The minimum absolute atomic E-state index is 0.286. The normalized spacial score (nSPS) is 16.5. The quantitative estimate of drug-likeness (QED) is 0.567. The van der Waals surface area contributed by atoms with Crippen molar-refractivity contribution < 1.29 is 16.8 Å². The van der Waals surface area contributed by atoms with Crippen LogP contribution >= 0.6 is 0 Å². The van der Waals surface area contributed by atoms with Crippen LogP contribution in [0.3, 0.4) is 0 Å². The van der Waals surface area contributed by atoms with Crippen molar-refractivity contribution in [3.63, 3.8) is 0 Å². The van der Waals surface area contributed by atoms with Crippen LogP contribution in [0.1, 0.15) is 27.8 Å². The number of sulfonamides is 2. The molecule has 0 aromatic heterocycles. The second-order valence-electron chi connectivity index (χ2n) is 8.79. The molecule has 0 spiro atoms. The van der Waals surface area contributed by atoms with Crippen molar-refractivity contribution in [3.8, 4) is 0 Å². The molecule has 8 heteroatoms. The van der Waals surface area contributed by atoms with E-state index >= 15 is 0 Å². The molecule has 0 aliphatic carbocycles. The molecular formula is C25H26N2O4S2. The summed E-state index contributed by atoms with van der Waals surface area (Å²) in [5.41, 5.74) is 5.64. The summed E-state index contributed by atoms with van der Waals surface area (Å²) < 4.78 is 55.9. The molecule has 2 aliphatic heterocycles. The maximum absolute atomic E-state index is 13.3. The number of nitrogens with zero attached hydrogens (tertiary/aromatic N) is 2. The van der Waals surface area contributed by atoms with E-state index in [1.54, 1.807) is 48.5 Å². The van der Waals surface area contributed by atoms with Crippen LogP contribution in [-0.2, 0) is 39.4 Å². The molecular weight excluding hydrogens is 456 g/mol. The van der Waals surface area contributed by atoms with Crippen molar-refractivity contribution in [1.29, 1.82) is 0 Å². The molecule has 0 atom stereocenters. The van der Waals surface area contributed by atoms with Crippen molar-refractivity contribution in [1.82, 2.24) is 4.31 Å². The van der Waals surface area contributed by atoms with E-state index < -0.39 is 20.0 Å². The molecule has 5 rings (SSSR count). The van der Waals surface area contributed by atoms with Gasteiger partial charge < -0.3 is 0 Å². The summed E-state index contributed by atoms with van der Waals surface area (Å²) in [7, 11) is -7.22. The summed E-state index contributed by atoms with van der Waals surface area (Å²) in [6, 6.07) is 17.8. The van der Waals surface area contributed by atoms with E-state index in [0.29, 0.717) is 43.1 Å². The molecule has 3 aromatic carbocycles. The summed E-state index contributed by atoms with van der Waals surface area (Å²) in [5.74, 6) is 0. The number of benzene rings is 3. The van der Waals surface area contributed by atoms with Crippen molar-refractivity contribution in [2.45, 2.75) is 43.0 Å². The standard InChI is InChI=1S/C25H26N2O4S2/c1-18-3-7-23(8-4-18)32(28,29)26-13-11-20-16-25-21(15-22(20)17-26)12-14-27(25)33(30,31)24-9-5-19(2)6-10-24/h3-10,15-16H,11-14,17H2,1-2H3. The lowest BCUT2D eigenvalue weighted by Crippen LogP contribution is -2.36. The molecule has 2 aliphatic rings. The highest BCUT2D eigenvalue weighted by Crippen LogP contribution is 2.37. The van der Waals surface area contributed by atoms with Crippen LogP contribution in [-0.4, -0.2) is 34.2 Å². The first-order valence-electron chi connectivity index (χ1n) is 11.0. The lowest BCUT2D eigenvalue weighted by atomic mass is 9.97. The fraction of sp³-hybridized carbons (Fsp3) is 0.280. The first-order chi connectivity index (χ1) is 15.7. The van der Waals surface area contributed by atoms with Gasteiger partial charge in [-0.3, -0.25) is 4.31 Å². The first-order valence-corrected chi connectivity index (χ1v) is 13.9. The fourth-order valence-corrected chi connectivity index (χ4v) is 7.46. The Bertz CT molecular complexity index is 1430. The van der Waals surface area contributed by atoms with E-state index in [1.165, 1.54) is 8.61 Å². The third-order valence-corrected chi connectivity index (χ3v) is 10.2. The van der Waals surface area contributed by atoms with Gasteiger partial charge in [-0.05, 0) is 73.7 Å². The van der Waals surface area contributed by atoms with E-state index in [-0.39, 0.29) is 4.90 Å². The predicted molar refractivity (Wildman–Crippen MR) is 128 cm³/mol. The number of anilines is 1. The molecule has 0 bridgehead atoms. The molecule has 33 heavy (non-hydrogen) atoms. The SMILES string of the molecule is Cc1ccc(S(=O)(=O)N2CCc3cc4c(cc3C2)CCN4S(=O)(=O)c2ccc(C)cc2)cc1. The molecule has 0 saturated heterocycles. The van der Waals surface area contributed by atoms with Gasteiger partial charge in [0.15, 0.2) is 0 Å². The zero-order valence-corrected chi connectivity index (χ0v) is 20.3. The molecule has 172 valence electrons. The van der Waals surface area contributed by atoms with Crippen LogP contribution in [0.4, 0.5) is 5.69 Å². The Labute approximate surface area is 195 Å². The number of fused-ring (bicyclic) bond motifs is 2. The zero-order valence-electron chi connectivity index (χ0n) is 18.7. The van der Waals surface area contributed by atoms with Gasteiger partial charge in [0.2, 0.25) is 10.0 Å². The highest BCUT2D eigenvalue weighted by molar-refractivity contribution is 7.92. The summed E-state index contributed by atoms with van der Waals surface area (Å²) in [6.07, 6.45) is 1.16. The van der Waals surface area contributed by atoms with Crippen LogP contribution in [0.5, 0.6) is 0 Å². The third kappa shape index (κ3) is 3.86. The van der Waals surface area contributed by atoms with Crippen LogP contribution in [0.15, 0.2) is 70.5 Å². The van der Waals surface area contributed by atoms with Crippen LogP contribution in [0.2, 0.25) is 0 Å². The highest BCUT2D eigenvalue weighted by atomic mass is 32.2. The Balaban J connectivity index is 1.45. The number of hydrogen-bond donors (Lipinski definition) is 0. The average Bonchev–Trinajstić information content (AvgIpc) is 3.21. The van der Waals surface area contributed by atoms with Gasteiger partial charge >= 0.3 is 0 Å². The van der Waals surface area contributed by atoms with Gasteiger partial charge in [0, 0.05) is 19.6 Å². The smallest absolute Gasteiger partial charge is 0.264 e. The first kappa shape index (κ1) is 22.1. The molecule has 3 aromatic rings. The Hall–Kier alpha value is -2.68. The van der Waals surface area contributed by atoms with E-state index in [4.69, 9.17) is 0 Å². The Morgan fingerprint density at radius 3 is 1.79 bits per heavy atom. The van der Waals surface area contributed by atoms with Crippen LogP contribution in [0, 0.1) is 13.8 Å². The predicted octanol–water partition coefficient (Wildman–Crippen LogP) is 3.80. The maximum Gasteiger partial charge on any atom is 0.264 e. The molecule has 0 fully saturated rings. The second-order valence-corrected chi connectivity index (χ2v) is 12.6. The third-order valence-electron chi connectivity index (χ3n) is 6.50. The van der Waals surface area contributed by atoms with E-state index in [9.17, 15) is 16.8 Å². The van der Waals surface area contributed by atoms with Gasteiger partial charge in [0.1, 0.15) is 0 Å². The van der Waals surface area contributed by atoms with E-state index in [1.807, 2.05) is 26.0 Å². The van der Waals surface area contributed by atoms with Gasteiger partial charge in [0.05, 0.1) is 15.5 Å². The lowest BCUT2D eigenvalue weighted by molar-refractivity contribution is 0.391. The van der Waals surface area contributed by atoms with Gasteiger partial charge in [-0.15, -0.1) is 0 Å². The van der Waals surface area contributed by atoms with E-state index in [0.717, 1.165) is 27.8 Å². The average molecular weight is 483 g/mol. The highest BCUT2D eigenvalue weighted by Gasteiger charge is 2.34. The largest absolute Gasteiger partial charge is 0.266 e. The van der Waals surface area contributed by atoms with Gasteiger partial charge in [0.25, 0.3) is 10.0 Å². The molecule has 0 N–H and O–H groups in total. The lowest BCUT2D eigenvalue weighted by Gasteiger charge is -2.29. The minimum Gasteiger partial charge on any atom is -0.266 e. The summed E-state index contributed by atoms with van der Waals surface area (Å²) >= 11 is 0. The van der Waals surface area contributed by atoms with Gasteiger partial charge in [-0.1, -0.05) is 41.5 Å². The fourth-order valence-electron chi connectivity index (χ4n) is 4.55. The topological polar surface area (TPSA) is 74.8 Å². The molecule has 0 radical (unpaired) electrons. The number of hydrogen-bond acceptors (Lipinski definition) is 4. The molecule has 6 nitrogen and oxygen atoms in total. The molecule has 0 saturated carbocycles. The van der Waals surface area contributed by atoms with Gasteiger partial charge in [-0.2, -0.15) is 4.31 Å². The molecule has 0 amide bonds. The number of aryl methyl sites for hydroxylation is 2.